The summed E-state index contributed by atoms with van der Waals surface area (Å²) in [5.41, 5.74) is 7.18. The van der Waals surface area contributed by atoms with Gasteiger partial charge in [-0.1, -0.05) is 28.1 Å². The lowest BCUT2D eigenvalue weighted by Gasteiger charge is -2.10. The first-order chi connectivity index (χ1) is 6.50. The van der Waals surface area contributed by atoms with E-state index in [1.54, 1.807) is 0 Å². The van der Waals surface area contributed by atoms with Crippen LogP contribution in [0.25, 0.3) is 0 Å². The molecule has 0 aromatic heterocycles. The van der Waals surface area contributed by atoms with Crippen LogP contribution in [0, 0.1) is 6.92 Å². The summed E-state index contributed by atoms with van der Waals surface area (Å²) in [6.45, 7) is 1.95. The molecule has 0 heterocycles. The Hall–Kier alpha value is -0.480. The molecular weight excluding hydrogens is 252 g/mol. The molecule has 1 unspecified atom stereocenters. The maximum atomic E-state index is 12.2. The number of halogens is 3. The molecule has 1 rings (SSSR count). The lowest BCUT2D eigenvalue weighted by atomic mass is 10.1. The molecule has 0 aliphatic carbocycles. The van der Waals surface area contributed by atoms with E-state index >= 15 is 0 Å². The van der Waals surface area contributed by atoms with Crippen molar-refractivity contribution in [2.45, 2.75) is 25.8 Å². The van der Waals surface area contributed by atoms with Crippen molar-refractivity contribution >= 4 is 15.9 Å². The van der Waals surface area contributed by atoms with E-state index in [2.05, 4.69) is 15.9 Å². The first-order valence-corrected chi connectivity index (χ1v) is 5.08. The van der Waals surface area contributed by atoms with Crippen LogP contribution < -0.4 is 5.73 Å². The van der Waals surface area contributed by atoms with Gasteiger partial charge in [0.2, 0.25) is 0 Å². The van der Waals surface area contributed by atoms with Gasteiger partial charge in [-0.2, -0.15) is 0 Å². The number of hydrogen-bond acceptors (Lipinski definition) is 1. The van der Waals surface area contributed by atoms with Crippen molar-refractivity contribution in [1.29, 1.82) is 0 Å². The molecule has 0 saturated carbocycles. The zero-order chi connectivity index (χ0) is 10.7. The minimum Gasteiger partial charge on any atom is -0.323 e. The van der Waals surface area contributed by atoms with E-state index in [1.165, 1.54) is 0 Å². The van der Waals surface area contributed by atoms with Crippen LogP contribution in [0.5, 0.6) is 0 Å². The Kier molecular flexibility index (Phi) is 4.01. The number of rotatable bonds is 3. The summed E-state index contributed by atoms with van der Waals surface area (Å²) in [6, 6.07) is 4.46. The molecule has 0 bridgehead atoms. The Bertz CT molecular complexity index is 315. The van der Waals surface area contributed by atoms with Crippen molar-refractivity contribution in [3.63, 3.8) is 0 Å². The van der Waals surface area contributed by atoms with Gasteiger partial charge in [0.25, 0.3) is 6.43 Å². The molecule has 1 nitrogen and oxygen atoms in total. The van der Waals surface area contributed by atoms with Crippen molar-refractivity contribution in [1.82, 2.24) is 0 Å². The lowest BCUT2D eigenvalue weighted by molar-refractivity contribution is 0.116. The van der Waals surface area contributed by atoms with Crippen LogP contribution in [0.2, 0.25) is 0 Å². The minimum absolute atomic E-state index is 0.205. The van der Waals surface area contributed by atoms with Crippen LogP contribution in [0.15, 0.2) is 22.7 Å². The molecule has 0 radical (unpaired) electrons. The molecule has 0 aliphatic heterocycles. The summed E-state index contributed by atoms with van der Waals surface area (Å²) in [7, 11) is 0. The molecule has 0 amide bonds. The summed E-state index contributed by atoms with van der Waals surface area (Å²) in [4.78, 5) is 0. The van der Waals surface area contributed by atoms with Crippen LogP contribution in [0.4, 0.5) is 8.78 Å². The van der Waals surface area contributed by atoms with Gasteiger partial charge in [-0.3, -0.25) is 0 Å². The molecule has 4 heteroatoms. The first-order valence-electron chi connectivity index (χ1n) is 4.29. The standard InChI is InChI=1S/C10H12BrF2N/c1-6-2-3-7(4-8(6)11)5-9(14)10(12)13/h2-4,9-10H,5,14H2,1H3. The Morgan fingerprint density at radius 2 is 2.07 bits per heavy atom. The highest BCUT2D eigenvalue weighted by Gasteiger charge is 2.15. The predicted molar refractivity (Wildman–Crippen MR) is 56.6 cm³/mol. The van der Waals surface area contributed by atoms with Gasteiger partial charge in [0.15, 0.2) is 0 Å². The normalized spacial score (nSPS) is 13.3. The van der Waals surface area contributed by atoms with E-state index in [1.807, 2.05) is 25.1 Å². The summed E-state index contributed by atoms with van der Waals surface area (Å²) in [6.07, 6.45) is -2.26. The highest BCUT2D eigenvalue weighted by Crippen LogP contribution is 2.18. The zero-order valence-electron chi connectivity index (χ0n) is 7.81. The van der Waals surface area contributed by atoms with Crippen LogP contribution in [-0.2, 0) is 6.42 Å². The molecule has 78 valence electrons. The van der Waals surface area contributed by atoms with Crippen molar-refractivity contribution in [2.24, 2.45) is 5.73 Å². The average Bonchev–Trinajstić information content (AvgIpc) is 2.11. The van der Waals surface area contributed by atoms with Crippen molar-refractivity contribution in [3.05, 3.63) is 33.8 Å². The monoisotopic (exact) mass is 263 g/mol. The number of benzene rings is 1. The van der Waals surface area contributed by atoms with E-state index in [0.29, 0.717) is 0 Å². The number of alkyl halides is 2. The SMILES string of the molecule is Cc1ccc(CC(N)C(F)F)cc1Br. The largest absolute Gasteiger partial charge is 0.323 e. The Morgan fingerprint density at radius 3 is 2.57 bits per heavy atom. The fourth-order valence-electron chi connectivity index (χ4n) is 1.12. The second-order valence-corrected chi connectivity index (χ2v) is 4.14. The number of aryl methyl sites for hydroxylation is 1. The van der Waals surface area contributed by atoms with Gasteiger partial charge in [-0.15, -0.1) is 0 Å². The number of hydrogen-bond donors (Lipinski definition) is 1. The van der Waals surface area contributed by atoms with Gasteiger partial charge >= 0.3 is 0 Å². The van der Waals surface area contributed by atoms with Gasteiger partial charge in [-0.25, -0.2) is 8.78 Å². The topological polar surface area (TPSA) is 26.0 Å². The Labute approximate surface area is 90.4 Å². The highest BCUT2D eigenvalue weighted by molar-refractivity contribution is 9.10. The van der Waals surface area contributed by atoms with E-state index < -0.39 is 12.5 Å². The lowest BCUT2D eigenvalue weighted by Crippen LogP contribution is -2.30. The van der Waals surface area contributed by atoms with Gasteiger partial charge in [0.05, 0.1) is 6.04 Å². The molecule has 0 fully saturated rings. The fraction of sp³-hybridized carbons (Fsp3) is 0.400. The van der Waals surface area contributed by atoms with Crippen molar-refractivity contribution in [3.8, 4) is 0 Å². The molecule has 2 N–H and O–H groups in total. The third-order valence-corrected chi connectivity index (χ3v) is 2.89. The molecule has 14 heavy (non-hydrogen) atoms. The van der Waals surface area contributed by atoms with Crippen LogP contribution in [0.3, 0.4) is 0 Å². The van der Waals surface area contributed by atoms with E-state index in [9.17, 15) is 8.78 Å². The molecular formula is C10H12BrF2N. The third-order valence-electron chi connectivity index (χ3n) is 2.03. The summed E-state index contributed by atoms with van der Waals surface area (Å²) < 4.78 is 25.2. The van der Waals surface area contributed by atoms with Crippen LogP contribution >= 0.6 is 15.9 Å². The molecule has 0 spiro atoms. The van der Waals surface area contributed by atoms with E-state index in [-0.39, 0.29) is 6.42 Å². The quantitative estimate of drug-likeness (QED) is 0.892. The van der Waals surface area contributed by atoms with E-state index in [0.717, 1.165) is 15.6 Å². The molecule has 1 atom stereocenters. The highest BCUT2D eigenvalue weighted by atomic mass is 79.9. The molecule has 1 aromatic rings. The molecule has 0 saturated heterocycles. The van der Waals surface area contributed by atoms with Gasteiger partial charge in [0.1, 0.15) is 0 Å². The minimum atomic E-state index is -2.46. The maximum Gasteiger partial charge on any atom is 0.253 e. The Morgan fingerprint density at radius 1 is 1.43 bits per heavy atom. The van der Waals surface area contributed by atoms with Crippen molar-refractivity contribution < 1.29 is 8.78 Å². The summed E-state index contributed by atoms with van der Waals surface area (Å²) in [5, 5.41) is 0. The second-order valence-electron chi connectivity index (χ2n) is 3.29. The van der Waals surface area contributed by atoms with E-state index in [4.69, 9.17) is 5.73 Å². The predicted octanol–water partition coefficient (Wildman–Crippen LogP) is 2.89. The molecule has 1 aromatic carbocycles. The summed E-state index contributed by atoms with van der Waals surface area (Å²) in [5.74, 6) is 0. The van der Waals surface area contributed by atoms with Crippen molar-refractivity contribution in [2.75, 3.05) is 0 Å². The Balaban J connectivity index is 2.73. The first kappa shape index (κ1) is 11.6. The fourth-order valence-corrected chi connectivity index (χ4v) is 1.55. The van der Waals surface area contributed by atoms with Crippen LogP contribution in [0.1, 0.15) is 11.1 Å². The smallest absolute Gasteiger partial charge is 0.253 e. The van der Waals surface area contributed by atoms with Gasteiger partial charge in [-0.05, 0) is 30.5 Å². The van der Waals surface area contributed by atoms with Gasteiger partial charge in [0, 0.05) is 4.47 Å². The third kappa shape index (κ3) is 3.03. The summed E-state index contributed by atoms with van der Waals surface area (Å²) >= 11 is 3.34. The van der Waals surface area contributed by atoms with Crippen LogP contribution in [-0.4, -0.2) is 12.5 Å². The van der Waals surface area contributed by atoms with Gasteiger partial charge < -0.3 is 5.73 Å². The second kappa shape index (κ2) is 4.84. The molecule has 0 aliphatic rings. The number of nitrogens with two attached hydrogens (primary N) is 1. The zero-order valence-corrected chi connectivity index (χ0v) is 9.39. The average molecular weight is 264 g/mol. The maximum absolute atomic E-state index is 12.2.